The third kappa shape index (κ3) is 4.47. The Morgan fingerprint density at radius 2 is 2.27 bits per heavy atom. The fraction of sp³-hybridized carbons (Fsp3) is 0.333. The molecule has 0 saturated carbocycles. The largest absolute Gasteiger partial charge is 0.271 e. The lowest BCUT2D eigenvalue weighted by Gasteiger charge is -2.12. The maximum absolute atomic E-state index is 5.91. The maximum atomic E-state index is 5.91. The van der Waals surface area contributed by atoms with E-state index < -0.39 is 0 Å². The van der Waals surface area contributed by atoms with Crippen molar-refractivity contribution in [2.45, 2.75) is 26.3 Å². The van der Waals surface area contributed by atoms with Crippen LogP contribution in [0.5, 0.6) is 0 Å². The first-order valence-electron chi connectivity index (χ1n) is 4.97. The summed E-state index contributed by atoms with van der Waals surface area (Å²) in [6.45, 7) is 4.12. The Morgan fingerprint density at radius 3 is 2.80 bits per heavy atom. The summed E-state index contributed by atoms with van der Waals surface area (Å²) in [6, 6.07) is 8.00. The number of nitrogens with two attached hydrogens (primary N) is 1. The third-order valence-electron chi connectivity index (χ3n) is 2.09. The molecular formula is C12H17ClN2. The van der Waals surface area contributed by atoms with Crippen LogP contribution in [0.4, 0.5) is 0 Å². The van der Waals surface area contributed by atoms with Crippen molar-refractivity contribution < 1.29 is 0 Å². The number of allylic oxidation sites excluding steroid dienone is 1. The quantitative estimate of drug-likeness (QED) is 0.469. The standard InChI is InChI=1S/C12H17ClN2/c1-9(2)6-12(15-14)8-10-4-3-5-11(13)7-10/h3-7,12,15H,8,14H2,1-2H3. The lowest BCUT2D eigenvalue weighted by Crippen LogP contribution is -2.35. The molecule has 1 unspecified atom stereocenters. The van der Waals surface area contributed by atoms with Gasteiger partial charge in [0, 0.05) is 11.1 Å². The van der Waals surface area contributed by atoms with Crippen LogP contribution in [0.2, 0.25) is 5.02 Å². The average Bonchev–Trinajstić information content (AvgIpc) is 2.16. The summed E-state index contributed by atoms with van der Waals surface area (Å²) >= 11 is 5.91. The predicted octanol–water partition coefficient (Wildman–Crippen LogP) is 2.68. The van der Waals surface area contributed by atoms with Crippen LogP contribution < -0.4 is 11.3 Å². The SMILES string of the molecule is CC(C)=CC(Cc1cccc(Cl)c1)NN. The summed E-state index contributed by atoms with van der Waals surface area (Å²) in [5.41, 5.74) is 5.22. The molecule has 15 heavy (non-hydrogen) atoms. The fourth-order valence-corrected chi connectivity index (χ4v) is 1.70. The van der Waals surface area contributed by atoms with Crippen LogP contribution in [0.3, 0.4) is 0 Å². The van der Waals surface area contributed by atoms with Gasteiger partial charge in [0.05, 0.1) is 0 Å². The van der Waals surface area contributed by atoms with Gasteiger partial charge in [-0.15, -0.1) is 0 Å². The second-order valence-corrected chi connectivity index (χ2v) is 4.29. The molecule has 0 saturated heterocycles. The first kappa shape index (κ1) is 12.2. The van der Waals surface area contributed by atoms with Gasteiger partial charge in [-0.1, -0.05) is 35.4 Å². The first-order valence-corrected chi connectivity index (χ1v) is 5.35. The van der Waals surface area contributed by atoms with Crippen LogP contribution in [0, 0.1) is 0 Å². The van der Waals surface area contributed by atoms with Gasteiger partial charge >= 0.3 is 0 Å². The van der Waals surface area contributed by atoms with E-state index in [2.05, 4.69) is 31.4 Å². The van der Waals surface area contributed by atoms with E-state index in [4.69, 9.17) is 17.4 Å². The Kier molecular flexibility index (Phi) is 4.82. The average molecular weight is 225 g/mol. The van der Waals surface area contributed by atoms with Crippen molar-refractivity contribution in [1.29, 1.82) is 0 Å². The molecule has 2 nitrogen and oxygen atoms in total. The molecule has 0 aliphatic rings. The van der Waals surface area contributed by atoms with Gasteiger partial charge in [0.2, 0.25) is 0 Å². The number of benzene rings is 1. The summed E-state index contributed by atoms with van der Waals surface area (Å²) in [5.74, 6) is 5.48. The van der Waals surface area contributed by atoms with E-state index in [-0.39, 0.29) is 6.04 Å². The molecule has 3 N–H and O–H groups in total. The second-order valence-electron chi connectivity index (χ2n) is 3.85. The van der Waals surface area contributed by atoms with Gasteiger partial charge < -0.3 is 0 Å². The number of nitrogens with one attached hydrogen (secondary N) is 1. The number of rotatable bonds is 4. The van der Waals surface area contributed by atoms with Crippen LogP contribution in [-0.2, 0) is 6.42 Å². The lowest BCUT2D eigenvalue weighted by molar-refractivity contribution is 0.614. The lowest BCUT2D eigenvalue weighted by atomic mass is 10.0. The van der Waals surface area contributed by atoms with Gasteiger partial charge in [0.1, 0.15) is 0 Å². The monoisotopic (exact) mass is 224 g/mol. The van der Waals surface area contributed by atoms with Crippen molar-refractivity contribution in [2.24, 2.45) is 5.84 Å². The van der Waals surface area contributed by atoms with E-state index in [9.17, 15) is 0 Å². The number of hydrazine groups is 1. The van der Waals surface area contributed by atoms with E-state index in [0.29, 0.717) is 0 Å². The van der Waals surface area contributed by atoms with Crippen molar-refractivity contribution in [3.05, 3.63) is 46.5 Å². The van der Waals surface area contributed by atoms with Crippen molar-refractivity contribution in [1.82, 2.24) is 5.43 Å². The molecule has 82 valence electrons. The van der Waals surface area contributed by atoms with E-state index in [1.165, 1.54) is 11.1 Å². The topological polar surface area (TPSA) is 38.0 Å². The Balaban J connectivity index is 2.71. The summed E-state index contributed by atoms with van der Waals surface area (Å²) in [7, 11) is 0. The van der Waals surface area contributed by atoms with Crippen LogP contribution in [0.15, 0.2) is 35.9 Å². The molecule has 1 atom stereocenters. The Morgan fingerprint density at radius 1 is 1.53 bits per heavy atom. The second kappa shape index (κ2) is 5.91. The molecule has 1 rings (SSSR count). The van der Waals surface area contributed by atoms with Crippen LogP contribution in [0.1, 0.15) is 19.4 Å². The van der Waals surface area contributed by atoms with Crippen LogP contribution in [0.25, 0.3) is 0 Å². The molecule has 0 aliphatic heterocycles. The molecule has 0 radical (unpaired) electrons. The van der Waals surface area contributed by atoms with Crippen molar-refractivity contribution in [3.63, 3.8) is 0 Å². The molecular weight excluding hydrogens is 208 g/mol. The zero-order valence-corrected chi connectivity index (χ0v) is 9.88. The first-order chi connectivity index (χ1) is 7.11. The Bertz CT molecular complexity index is 343. The predicted molar refractivity (Wildman–Crippen MR) is 65.7 cm³/mol. The Labute approximate surface area is 96.1 Å². The highest BCUT2D eigenvalue weighted by Crippen LogP contribution is 2.12. The van der Waals surface area contributed by atoms with Crippen LogP contribution >= 0.6 is 11.6 Å². The molecule has 0 aliphatic carbocycles. The van der Waals surface area contributed by atoms with Crippen molar-refractivity contribution in [3.8, 4) is 0 Å². The number of hydrogen-bond acceptors (Lipinski definition) is 2. The van der Waals surface area contributed by atoms with Gasteiger partial charge in [0.15, 0.2) is 0 Å². The molecule has 0 heterocycles. The molecule has 0 bridgehead atoms. The molecule has 0 aromatic heterocycles. The summed E-state index contributed by atoms with van der Waals surface area (Å²) in [5, 5.41) is 0.764. The summed E-state index contributed by atoms with van der Waals surface area (Å²) < 4.78 is 0. The van der Waals surface area contributed by atoms with Crippen molar-refractivity contribution >= 4 is 11.6 Å². The molecule has 0 spiro atoms. The minimum Gasteiger partial charge on any atom is -0.271 e. The summed E-state index contributed by atoms with van der Waals surface area (Å²) in [6.07, 6.45) is 2.96. The highest BCUT2D eigenvalue weighted by Gasteiger charge is 2.04. The van der Waals surface area contributed by atoms with Gasteiger partial charge in [-0.05, 0) is 38.0 Å². The fourth-order valence-electron chi connectivity index (χ4n) is 1.49. The zero-order valence-electron chi connectivity index (χ0n) is 9.13. The highest BCUT2D eigenvalue weighted by molar-refractivity contribution is 6.30. The highest BCUT2D eigenvalue weighted by atomic mass is 35.5. The smallest absolute Gasteiger partial charge is 0.0433 e. The molecule has 3 heteroatoms. The number of halogens is 1. The van der Waals surface area contributed by atoms with E-state index in [1.54, 1.807) is 0 Å². The maximum Gasteiger partial charge on any atom is 0.0433 e. The number of hydrogen-bond donors (Lipinski definition) is 2. The van der Waals surface area contributed by atoms with E-state index >= 15 is 0 Å². The van der Waals surface area contributed by atoms with E-state index in [0.717, 1.165) is 11.4 Å². The molecule has 0 fully saturated rings. The minimum absolute atomic E-state index is 0.161. The van der Waals surface area contributed by atoms with Gasteiger partial charge in [-0.25, -0.2) is 0 Å². The Hall–Kier alpha value is -0.830. The van der Waals surface area contributed by atoms with Crippen molar-refractivity contribution in [2.75, 3.05) is 0 Å². The van der Waals surface area contributed by atoms with Gasteiger partial charge in [-0.3, -0.25) is 11.3 Å². The summed E-state index contributed by atoms with van der Waals surface area (Å²) in [4.78, 5) is 0. The minimum atomic E-state index is 0.161. The molecule has 0 amide bonds. The zero-order chi connectivity index (χ0) is 11.3. The van der Waals surface area contributed by atoms with Gasteiger partial charge in [-0.2, -0.15) is 0 Å². The third-order valence-corrected chi connectivity index (χ3v) is 2.33. The molecule has 1 aromatic rings. The normalized spacial score (nSPS) is 12.3. The molecule has 1 aromatic carbocycles. The van der Waals surface area contributed by atoms with E-state index in [1.807, 2.05) is 18.2 Å². The van der Waals surface area contributed by atoms with Gasteiger partial charge in [0.25, 0.3) is 0 Å². The van der Waals surface area contributed by atoms with Crippen LogP contribution in [-0.4, -0.2) is 6.04 Å².